The van der Waals surface area contributed by atoms with E-state index in [9.17, 15) is 0 Å². The van der Waals surface area contributed by atoms with Gasteiger partial charge in [-0.2, -0.15) is 0 Å². The van der Waals surface area contributed by atoms with Crippen molar-refractivity contribution < 1.29 is 4.74 Å². The Morgan fingerprint density at radius 3 is 2.56 bits per heavy atom. The van der Waals surface area contributed by atoms with E-state index in [1.165, 1.54) is 25.7 Å². The molecule has 1 aliphatic carbocycles. The van der Waals surface area contributed by atoms with Crippen molar-refractivity contribution in [1.82, 2.24) is 0 Å². The molecule has 0 aromatic heterocycles. The summed E-state index contributed by atoms with van der Waals surface area (Å²) in [7, 11) is 0. The van der Waals surface area contributed by atoms with Crippen LogP contribution in [0.5, 0.6) is 0 Å². The van der Waals surface area contributed by atoms with E-state index in [1.54, 1.807) is 5.92 Å². The maximum atomic E-state index is 5.65. The van der Waals surface area contributed by atoms with Crippen molar-refractivity contribution in [3.05, 3.63) is 5.92 Å². The molecular weight excluding hydrogens is 112 g/mol. The van der Waals surface area contributed by atoms with Gasteiger partial charge >= 0.3 is 0 Å². The molecule has 1 nitrogen and oxygen atoms in total. The third kappa shape index (κ3) is 0.787. The Bertz CT molecular complexity index is 114. The van der Waals surface area contributed by atoms with Gasteiger partial charge in [0.05, 0.1) is 5.60 Å². The largest absolute Gasteiger partial charge is 0.374 e. The number of ether oxygens (including phenoxy) is 1. The van der Waals surface area contributed by atoms with E-state index in [0.717, 1.165) is 6.61 Å². The van der Waals surface area contributed by atoms with Crippen LogP contribution < -0.4 is 0 Å². The van der Waals surface area contributed by atoms with Gasteiger partial charge in [-0.1, -0.05) is 6.92 Å². The van der Waals surface area contributed by atoms with Crippen LogP contribution >= 0.6 is 0 Å². The highest BCUT2D eigenvalue weighted by molar-refractivity contribution is 5.26. The van der Waals surface area contributed by atoms with E-state index in [4.69, 9.17) is 4.74 Å². The van der Waals surface area contributed by atoms with Crippen LogP contribution in [0.2, 0.25) is 0 Å². The second-order valence-electron chi connectivity index (χ2n) is 3.26. The molecule has 0 aromatic carbocycles. The smallest absolute Gasteiger partial charge is 0.0749 e. The molecule has 1 saturated carbocycles. The molecule has 0 aromatic rings. The lowest BCUT2D eigenvalue weighted by Crippen LogP contribution is -2.21. The lowest BCUT2D eigenvalue weighted by atomic mass is 10.1. The monoisotopic (exact) mass is 125 g/mol. The van der Waals surface area contributed by atoms with E-state index < -0.39 is 0 Å². The molecule has 2 fully saturated rings. The summed E-state index contributed by atoms with van der Waals surface area (Å²) in [5, 5.41) is 0. The SMILES string of the molecule is C[C]1CC12CCCCO2. The van der Waals surface area contributed by atoms with Crippen LogP contribution in [0, 0.1) is 5.92 Å². The van der Waals surface area contributed by atoms with Crippen LogP contribution in [-0.4, -0.2) is 12.2 Å². The minimum absolute atomic E-state index is 0.304. The average molecular weight is 125 g/mol. The Hall–Kier alpha value is -0.0400. The van der Waals surface area contributed by atoms with Crippen molar-refractivity contribution in [3.8, 4) is 0 Å². The van der Waals surface area contributed by atoms with Crippen LogP contribution in [0.25, 0.3) is 0 Å². The molecule has 1 aliphatic heterocycles. The first-order valence-electron chi connectivity index (χ1n) is 3.80. The molecule has 1 saturated heterocycles. The molecule has 1 heteroatoms. The summed E-state index contributed by atoms with van der Waals surface area (Å²) in [5.41, 5.74) is 0.304. The van der Waals surface area contributed by atoms with Gasteiger partial charge in [-0.3, -0.25) is 0 Å². The van der Waals surface area contributed by atoms with Crippen molar-refractivity contribution in [2.45, 2.75) is 38.2 Å². The summed E-state index contributed by atoms with van der Waals surface area (Å²) >= 11 is 0. The highest BCUT2D eigenvalue weighted by atomic mass is 16.5. The predicted molar refractivity (Wildman–Crippen MR) is 36.1 cm³/mol. The number of rotatable bonds is 0. The van der Waals surface area contributed by atoms with E-state index in [-0.39, 0.29) is 0 Å². The van der Waals surface area contributed by atoms with Crippen LogP contribution in [0.1, 0.15) is 32.6 Å². The molecule has 1 unspecified atom stereocenters. The molecular formula is C8H13O. The van der Waals surface area contributed by atoms with Crippen LogP contribution in [0.3, 0.4) is 0 Å². The van der Waals surface area contributed by atoms with Gasteiger partial charge in [-0.15, -0.1) is 0 Å². The Balaban J connectivity index is 1.97. The Kier molecular flexibility index (Phi) is 1.10. The quantitative estimate of drug-likeness (QED) is 0.480. The first-order valence-corrected chi connectivity index (χ1v) is 3.80. The number of hydrogen-bond acceptors (Lipinski definition) is 1. The fourth-order valence-electron chi connectivity index (χ4n) is 1.71. The fraction of sp³-hybridized carbons (Fsp3) is 0.875. The summed E-state index contributed by atoms with van der Waals surface area (Å²) in [6, 6.07) is 0. The molecule has 2 aliphatic rings. The predicted octanol–water partition coefficient (Wildman–Crippen LogP) is 1.92. The highest BCUT2D eigenvalue weighted by Crippen LogP contribution is 2.53. The zero-order valence-corrected chi connectivity index (χ0v) is 5.94. The summed E-state index contributed by atoms with van der Waals surface area (Å²) in [6.45, 7) is 3.21. The molecule has 0 N–H and O–H groups in total. The third-order valence-electron chi connectivity index (χ3n) is 2.56. The summed E-state index contributed by atoms with van der Waals surface area (Å²) < 4.78 is 5.65. The second-order valence-corrected chi connectivity index (χ2v) is 3.26. The molecule has 0 bridgehead atoms. The average Bonchev–Trinajstić information content (AvgIpc) is 2.44. The molecule has 1 radical (unpaired) electrons. The van der Waals surface area contributed by atoms with Gasteiger partial charge in [-0.25, -0.2) is 0 Å². The second kappa shape index (κ2) is 1.72. The maximum absolute atomic E-state index is 5.65. The highest BCUT2D eigenvalue weighted by Gasteiger charge is 2.53. The van der Waals surface area contributed by atoms with E-state index in [2.05, 4.69) is 6.92 Å². The summed E-state index contributed by atoms with van der Waals surface area (Å²) in [6.07, 6.45) is 5.18. The van der Waals surface area contributed by atoms with Gasteiger partial charge in [0, 0.05) is 12.5 Å². The fourth-order valence-corrected chi connectivity index (χ4v) is 1.71. The van der Waals surface area contributed by atoms with Gasteiger partial charge in [0.1, 0.15) is 0 Å². The van der Waals surface area contributed by atoms with Crippen molar-refractivity contribution in [2.24, 2.45) is 0 Å². The molecule has 1 heterocycles. The van der Waals surface area contributed by atoms with Crippen molar-refractivity contribution in [3.63, 3.8) is 0 Å². The van der Waals surface area contributed by atoms with Gasteiger partial charge < -0.3 is 4.74 Å². The van der Waals surface area contributed by atoms with Gasteiger partial charge in [-0.05, 0) is 25.7 Å². The first kappa shape index (κ1) is 5.72. The molecule has 1 spiro atoms. The molecule has 1 atom stereocenters. The van der Waals surface area contributed by atoms with Crippen LogP contribution in [-0.2, 0) is 4.74 Å². The van der Waals surface area contributed by atoms with Crippen molar-refractivity contribution in [2.75, 3.05) is 6.61 Å². The molecule has 0 amide bonds. The van der Waals surface area contributed by atoms with Gasteiger partial charge in [0.25, 0.3) is 0 Å². The maximum Gasteiger partial charge on any atom is 0.0749 e. The topological polar surface area (TPSA) is 9.23 Å². The summed E-state index contributed by atoms with van der Waals surface area (Å²) in [5.74, 6) is 1.57. The summed E-state index contributed by atoms with van der Waals surface area (Å²) in [4.78, 5) is 0. The number of hydrogen-bond donors (Lipinski definition) is 0. The third-order valence-corrected chi connectivity index (χ3v) is 2.56. The zero-order valence-electron chi connectivity index (χ0n) is 5.94. The molecule has 51 valence electrons. The lowest BCUT2D eigenvalue weighted by molar-refractivity contribution is 0.000763. The van der Waals surface area contributed by atoms with E-state index >= 15 is 0 Å². The first-order chi connectivity index (χ1) is 4.33. The van der Waals surface area contributed by atoms with Crippen molar-refractivity contribution >= 4 is 0 Å². The molecule has 2 rings (SSSR count). The normalized spacial score (nSPS) is 43.7. The van der Waals surface area contributed by atoms with Crippen molar-refractivity contribution in [1.29, 1.82) is 0 Å². The Morgan fingerprint density at radius 1 is 1.44 bits per heavy atom. The van der Waals surface area contributed by atoms with Crippen LogP contribution in [0.15, 0.2) is 0 Å². The zero-order chi connectivity index (χ0) is 6.32. The van der Waals surface area contributed by atoms with Crippen LogP contribution in [0.4, 0.5) is 0 Å². The van der Waals surface area contributed by atoms with E-state index in [1.807, 2.05) is 0 Å². The molecule has 9 heavy (non-hydrogen) atoms. The minimum Gasteiger partial charge on any atom is -0.374 e. The Labute approximate surface area is 56.4 Å². The Morgan fingerprint density at radius 2 is 2.22 bits per heavy atom. The minimum atomic E-state index is 0.304. The lowest BCUT2D eigenvalue weighted by Gasteiger charge is -2.22. The van der Waals surface area contributed by atoms with Gasteiger partial charge in [0.15, 0.2) is 0 Å². The van der Waals surface area contributed by atoms with Gasteiger partial charge in [0.2, 0.25) is 0 Å². The van der Waals surface area contributed by atoms with E-state index in [0.29, 0.717) is 5.60 Å². The standard InChI is InChI=1S/C8H13O/c1-7-6-8(7)4-2-3-5-9-8/h2-6H2,1H3.